The number of hydrogen-bond acceptors (Lipinski definition) is 3. The van der Waals surface area contributed by atoms with Crippen molar-refractivity contribution < 1.29 is 4.74 Å². The van der Waals surface area contributed by atoms with Gasteiger partial charge in [-0.1, -0.05) is 0 Å². The Labute approximate surface area is 90.8 Å². The molecule has 0 aromatic heterocycles. The van der Waals surface area contributed by atoms with Crippen LogP contribution in [0.5, 0.6) is 5.75 Å². The molecule has 2 rings (SSSR count). The third-order valence-electron chi connectivity index (χ3n) is 2.81. The van der Waals surface area contributed by atoms with Gasteiger partial charge in [0.15, 0.2) is 0 Å². The first-order chi connectivity index (χ1) is 7.35. The fourth-order valence-electron chi connectivity index (χ4n) is 2.04. The number of fused-ring (bicyclic) bond motifs is 1. The van der Waals surface area contributed by atoms with Gasteiger partial charge in [0.25, 0.3) is 0 Å². The Morgan fingerprint density at radius 1 is 1.47 bits per heavy atom. The van der Waals surface area contributed by atoms with Crippen LogP contribution in [0, 0.1) is 0 Å². The van der Waals surface area contributed by atoms with Gasteiger partial charge in [0, 0.05) is 25.3 Å². The van der Waals surface area contributed by atoms with Crippen LogP contribution in [-0.2, 0) is 6.42 Å². The smallest absolute Gasteiger partial charge is 0.119 e. The van der Waals surface area contributed by atoms with E-state index in [1.165, 1.54) is 11.3 Å². The fraction of sp³-hybridized carbons (Fsp3) is 0.500. The summed E-state index contributed by atoms with van der Waals surface area (Å²) in [5, 5.41) is 0. The van der Waals surface area contributed by atoms with E-state index in [0.29, 0.717) is 13.2 Å². The average molecular weight is 206 g/mol. The highest BCUT2D eigenvalue weighted by Gasteiger charge is 2.17. The first kappa shape index (κ1) is 10.3. The standard InChI is InChI=1S/C12H18N2O/c1-2-14-7-5-10-9-11(15-8-6-13)3-4-12(10)14/h3-4,9H,2,5-8,13H2,1H3. The minimum Gasteiger partial charge on any atom is -0.492 e. The molecule has 3 nitrogen and oxygen atoms in total. The summed E-state index contributed by atoms with van der Waals surface area (Å²) in [6.45, 7) is 5.56. The van der Waals surface area contributed by atoms with Gasteiger partial charge in [0.2, 0.25) is 0 Å². The van der Waals surface area contributed by atoms with Crippen LogP contribution >= 0.6 is 0 Å². The van der Waals surface area contributed by atoms with Crippen LogP contribution in [0.15, 0.2) is 18.2 Å². The van der Waals surface area contributed by atoms with Crippen LogP contribution in [0.25, 0.3) is 0 Å². The lowest BCUT2D eigenvalue weighted by atomic mass is 10.1. The van der Waals surface area contributed by atoms with E-state index in [9.17, 15) is 0 Å². The Morgan fingerprint density at radius 3 is 3.07 bits per heavy atom. The molecule has 82 valence electrons. The molecule has 0 aliphatic carbocycles. The van der Waals surface area contributed by atoms with E-state index in [0.717, 1.165) is 25.3 Å². The Kier molecular flexibility index (Phi) is 3.11. The molecule has 0 atom stereocenters. The van der Waals surface area contributed by atoms with Crippen molar-refractivity contribution in [3.63, 3.8) is 0 Å². The van der Waals surface area contributed by atoms with Crippen molar-refractivity contribution in [3.05, 3.63) is 23.8 Å². The monoisotopic (exact) mass is 206 g/mol. The molecule has 1 heterocycles. The molecule has 0 fully saturated rings. The maximum absolute atomic E-state index is 5.51. The Balaban J connectivity index is 2.14. The highest BCUT2D eigenvalue weighted by Crippen LogP contribution is 2.30. The fourth-order valence-corrected chi connectivity index (χ4v) is 2.04. The molecule has 0 saturated heterocycles. The molecule has 1 aromatic rings. The summed E-state index contributed by atoms with van der Waals surface area (Å²) in [5.74, 6) is 0.942. The molecule has 1 aliphatic rings. The van der Waals surface area contributed by atoms with Gasteiger partial charge >= 0.3 is 0 Å². The second-order valence-electron chi connectivity index (χ2n) is 3.76. The van der Waals surface area contributed by atoms with E-state index in [-0.39, 0.29) is 0 Å². The molecule has 0 radical (unpaired) electrons. The van der Waals surface area contributed by atoms with E-state index < -0.39 is 0 Å². The maximum atomic E-state index is 5.51. The predicted octanol–water partition coefficient (Wildman–Crippen LogP) is 1.41. The Bertz CT molecular complexity index is 338. The Hall–Kier alpha value is -1.22. The summed E-state index contributed by atoms with van der Waals surface area (Å²) in [4.78, 5) is 2.39. The van der Waals surface area contributed by atoms with Crippen LogP contribution in [0.3, 0.4) is 0 Å². The van der Waals surface area contributed by atoms with E-state index >= 15 is 0 Å². The molecule has 15 heavy (non-hydrogen) atoms. The number of hydrogen-bond donors (Lipinski definition) is 1. The quantitative estimate of drug-likeness (QED) is 0.809. The molecule has 1 aliphatic heterocycles. The summed E-state index contributed by atoms with van der Waals surface area (Å²) < 4.78 is 5.51. The van der Waals surface area contributed by atoms with Crippen molar-refractivity contribution in [2.24, 2.45) is 5.73 Å². The molecular weight excluding hydrogens is 188 g/mol. The predicted molar refractivity (Wildman–Crippen MR) is 62.6 cm³/mol. The zero-order valence-corrected chi connectivity index (χ0v) is 9.20. The Morgan fingerprint density at radius 2 is 2.33 bits per heavy atom. The molecule has 0 spiro atoms. The summed E-state index contributed by atoms with van der Waals surface area (Å²) in [6.07, 6.45) is 1.13. The maximum Gasteiger partial charge on any atom is 0.119 e. The van der Waals surface area contributed by atoms with E-state index in [1.54, 1.807) is 0 Å². The van der Waals surface area contributed by atoms with Gasteiger partial charge in [0.1, 0.15) is 12.4 Å². The van der Waals surface area contributed by atoms with Gasteiger partial charge in [-0.05, 0) is 37.1 Å². The zero-order chi connectivity index (χ0) is 10.7. The van der Waals surface area contributed by atoms with E-state index in [4.69, 9.17) is 10.5 Å². The lowest BCUT2D eigenvalue weighted by Crippen LogP contribution is -2.19. The second kappa shape index (κ2) is 4.53. The second-order valence-corrected chi connectivity index (χ2v) is 3.76. The number of likely N-dealkylation sites (N-methyl/N-ethyl adjacent to an activating group) is 1. The van der Waals surface area contributed by atoms with Crippen molar-refractivity contribution >= 4 is 5.69 Å². The number of nitrogens with two attached hydrogens (primary N) is 1. The summed E-state index contributed by atoms with van der Waals surface area (Å²) >= 11 is 0. The SMILES string of the molecule is CCN1CCc2cc(OCCN)ccc21. The molecule has 1 aromatic carbocycles. The molecule has 0 amide bonds. The van der Waals surface area contributed by atoms with E-state index in [1.807, 2.05) is 6.07 Å². The van der Waals surface area contributed by atoms with Crippen molar-refractivity contribution in [1.29, 1.82) is 0 Å². The molecule has 0 unspecified atom stereocenters. The van der Waals surface area contributed by atoms with Crippen molar-refractivity contribution in [1.82, 2.24) is 0 Å². The van der Waals surface area contributed by atoms with Gasteiger partial charge in [-0.3, -0.25) is 0 Å². The third-order valence-corrected chi connectivity index (χ3v) is 2.81. The van der Waals surface area contributed by atoms with Crippen LogP contribution < -0.4 is 15.4 Å². The summed E-state index contributed by atoms with van der Waals surface area (Å²) in [6, 6.07) is 6.32. The lowest BCUT2D eigenvalue weighted by Gasteiger charge is -2.16. The molecule has 2 N–H and O–H groups in total. The minimum absolute atomic E-state index is 0.568. The van der Waals surface area contributed by atoms with Gasteiger partial charge < -0.3 is 15.4 Å². The van der Waals surface area contributed by atoms with Crippen molar-refractivity contribution in [3.8, 4) is 5.75 Å². The number of nitrogens with zero attached hydrogens (tertiary/aromatic N) is 1. The number of anilines is 1. The van der Waals surface area contributed by atoms with Crippen LogP contribution in [-0.4, -0.2) is 26.2 Å². The van der Waals surface area contributed by atoms with Crippen molar-refractivity contribution in [2.75, 3.05) is 31.1 Å². The van der Waals surface area contributed by atoms with E-state index in [2.05, 4.69) is 24.0 Å². The minimum atomic E-state index is 0.568. The van der Waals surface area contributed by atoms with Crippen LogP contribution in [0.1, 0.15) is 12.5 Å². The number of benzene rings is 1. The van der Waals surface area contributed by atoms with Gasteiger partial charge in [0.05, 0.1) is 0 Å². The van der Waals surface area contributed by atoms with Gasteiger partial charge in [-0.2, -0.15) is 0 Å². The molecule has 0 saturated carbocycles. The van der Waals surface area contributed by atoms with Crippen LogP contribution in [0.2, 0.25) is 0 Å². The number of rotatable bonds is 4. The van der Waals surface area contributed by atoms with Gasteiger partial charge in [-0.15, -0.1) is 0 Å². The zero-order valence-electron chi connectivity index (χ0n) is 9.20. The number of ether oxygens (including phenoxy) is 1. The molecular formula is C12H18N2O. The summed E-state index contributed by atoms with van der Waals surface area (Å²) in [5.41, 5.74) is 8.15. The van der Waals surface area contributed by atoms with Crippen LogP contribution in [0.4, 0.5) is 5.69 Å². The topological polar surface area (TPSA) is 38.5 Å². The molecule has 0 bridgehead atoms. The summed E-state index contributed by atoms with van der Waals surface area (Å²) in [7, 11) is 0. The largest absolute Gasteiger partial charge is 0.492 e. The third kappa shape index (κ3) is 2.07. The first-order valence-electron chi connectivity index (χ1n) is 5.56. The average Bonchev–Trinajstić information content (AvgIpc) is 2.68. The van der Waals surface area contributed by atoms with Crippen molar-refractivity contribution in [2.45, 2.75) is 13.3 Å². The first-order valence-corrected chi connectivity index (χ1v) is 5.56. The normalized spacial score (nSPS) is 14.1. The highest BCUT2D eigenvalue weighted by molar-refractivity contribution is 5.60. The molecule has 3 heteroatoms. The van der Waals surface area contributed by atoms with Gasteiger partial charge in [-0.25, -0.2) is 0 Å². The highest BCUT2D eigenvalue weighted by atomic mass is 16.5. The lowest BCUT2D eigenvalue weighted by molar-refractivity contribution is 0.328.